The number of alkyl carbamates (subject to hydrolysis) is 1. The maximum absolute atomic E-state index is 11.3. The van der Waals surface area contributed by atoms with E-state index in [0.717, 1.165) is 11.3 Å². The lowest BCUT2D eigenvalue weighted by molar-refractivity contribution is 0.138. The number of rotatable bonds is 3. The minimum Gasteiger partial charge on any atom is -0.449 e. The average molecular weight is 266 g/mol. The normalized spacial score (nSPS) is 10.0. The van der Waals surface area contributed by atoms with Gasteiger partial charge in [0.15, 0.2) is 5.11 Å². The molecule has 1 rings (SSSR count). The molecule has 0 spiro atoms. The van der Waals surface area contributed by atoms with Crippen LogP contribution in [0, 0.1) is 12.8 Å². The van der Waals surface area contributed by atoms with Crippen molar-refractivity contribution in [1.29, 1.82) is 0 Å². The molecule has 0 radical (unpaired) electrons. The van der Waals surface area contributed by atoms with Gasteiger partial charge in [-0.2, -0.15) is 0 Å². The van der Waals surface area contributed by atoms with Gasteiger partial charge >= 0.3 is 6.09 Å². The number of nitrogens with one attached hydrogen (secondary N) is 2. The first-order valence-corrected chi connectivity index (χ1v) is 6.19. The van der Waals surface area contributed by atoms with E-state index in [0.29, 0.717) is 12.5 Å². The summed E-state index contributed by atoms with van der Waals surface area (Å²) in [5.74, 6) is 0.300. The van der Waals surface area contributed by atoms with Crippen molar-refractivity contribution in [2.24, 2.45) is 5.92 Å². The Labute approximate surface area is 113 Å². The predicted octanol–water partition coefficient (Wildman–Crippen LogP) is 3.07. The van der Waals surface area contributed by atoms with Gasteiger partial charge in [0.2, 0.25) is 0 Å². The highest BCUT2D eigenvalue weighted by Gasteiger charge is 2.06. The summed E-state index contributed by atoms with van der Waals surface area (Å²) in [6.45, 7) is 6.31. The third-order valence-electron chi connectivity index (χ3n) is 2.07. The number of aryl methyl sites for hydroxylation is 1. The molecule has 2 N–H and O–H groups in total. The van der Waals surface area contributed by atoms with Gasteiger partial charge in [0, 0.05) is 5.69 Å². The molecule has 98 valence electrons. The van der Waals surface area contributed by atoms with Crippen LogP contribution in [-0.2, 0) is 4.74 Å². The average Bonchev–Trinajstić information content (AvgIpc) is 2.29. The van der Waals surface area contributed by atoms with Crippen molar-refractivity contribution >= 4 is 29.1 Å². The van der Waals surface area contributed by atoms with Gasteiger partial charge in [-0.15, -0.1) is 0 Å². The molecule has 0 bridgehead atoms. The Hall–Kier alpha value is -1.62. The van der Waals surface area contributed by atoms with Crippen LogP contribution >= 0.6 is 12.2 Å². The minimum absolute atomic E-state index is 0.229. The smallest absolute Gasteiger partial charge is 0.413 e. The summed E-state index contributed by atoms with van der Waals surface area (Å²) in [7, 11) is 0. The summed E-state index contributed by atoms with van der Waals surface area (Å²) in [6.07, 6.45) is -0.534. The number of hydrogen-bond acceptors (Lipinski definition) is 3. The third-order valence-corrected chi connectivity index (χ3v) is 2.28. The van der Waals surface area contributed by atoms with E-state index in [4.69, 9.17) is 17.0 Å². The fourth-order valence-corrected chi connectivity index (χ4v) is 1.37. The second-order valence-electron chi connectivity index (χ2n) is 4.44. The number of carbonyl (C=O) groups is 1. The lowest BCUT2D eigenvalue weighted by Gasteiger charge is -2.11. The first-order valence-electron chi connectivity index (χ1n) is 5.79. The Morgan fingerprint density at radius 3 is 2.50 bits per heavy atom. The van der Waals surface area contributed by atoms with E-state index in [2.05, 4.69) is 10.6 Å². The van der Waals surface area contributed by atoms with Crippen molar-refractivity contribution in [3.05, 3.63) is 29.8 Å². The summed E-state index contributed by atoms with van der Waals surface area (Å²) in [5, 5.41) is 5.59. The Balaban J connectivity index is 2.37. The zero-order valence-electron chi connectivity index (χ0n) is 10.8. The monoisotopic (exact) mass is 266 g/mol. The van der Waals surface area contributed by atoms with Crippen LogP contribution in [0.1, 0.15) is 19.4 Å². The second kappa shape index (κ2) is 6.96. The number of amides is 1. The van der Waals surface area contributed by atoms with Gasteiger partial charge < -0.3 is 10.1 Å². The van der Waals surface area contributed by atoms with E-state index in [1.165, 1.54) is 0 Å². The summed E-state index contributed by atoms with van der Waals surface area (Å²) in [6, 6.07) is 7.70. The van der Waals surface area contributed by atoms with Crippen LogP contribution in [-0.4, -0.2) is 17.8 Å². The molecule has 0 aliphatic heterocycles. The van der Waals surface area contributed by atoms with Crippen molar-refractivity contribution in [3.63, 3.8) is 0 Å². The molecule has 0 saturated heterocycles. The Morgan fingerprint density at radius 1 is 1.33 bits per heavy atom. The van der Waals surface area contributed by atoms with E-state index in [1.54, 1.807) is 0 Å². The Kier molecular flexibility index (Phi) is 5.58. The molecular weight excluding hydrogens is 248 g/mol. The minimum atomic E-state index is -0.534. The van der Waals surface area contributed by atoms with Crippen LogP contribution in [0.3, 0.4) is 0 Å². The van der Waals surface area contributed by atoms with Crippen LogP contribution in [0.5, 0.6) is 0 Å². The molecule has 1 amide bonds. The topological polar surface area (TPSA) is 50.4 Å². The molecule has 18 heavy (non-hydrogen) atoms. The molecule has 4 nitrogen and oxygen atoms in total. The molecule has 5 heteroatoms. The summed E-state index contributed by atoms with van der Waals surface area (Å²) in [4.78, 5) is 11.3. The van der Waals surface area contributed by atoms with E-state index in [9.17, 15) is 4.79 Å². The zero-order chi connectivity index (χ0) is 13.5. The van der Waals surface area contributed by atoms with E-state index >= 15 is 0 Å². The standard InChI is InChI=1S/C13H18N2O2S/c1-9(2)8-17-13(16)15-12(18)14-11-6-4-10(3)5-7-11/h4-7,9H,8H2,1-3H3,(H2,14,15,16,18). The summed E-state index contributed by atoms with van der Waals surface area (Å²) >= 11 is 5.00. The molecule has 0 aromatic heterocycles. The fourth-order valence-electron chi connectivity index (χ4n) is 1.17. The predicted molar refractivity (Wildman–Crippen MR) is 76.7 cm³/mol. The van der Waals surface area contributed by atoms with E-state index in [-0.39, 0.29) is 5.11 Å². The van der Waals surface area contributed by atoms with Crippen LogP contribution in [0.15, 0.2) is 24.3 Å². The lowest BCUT2D eigenvalue weighted by Crippen LogP contribution is -2.35. The highest BCUT2D eigenvalue weighted by molar-refractivity contribution is 7.80. The van der Waals surface area contributed by atoms with E-state index < -0.39 is 6.09 Å². The SMILES string of the molecule is Cc1ccc(NC(=S)NC(=O)OCC(C)C)cc1. The molecule has 0 fully saturated rings. The van der Waals surface area contributed by atoms with Crippen molar-refractivity contribution in [2.75, 3.05) is 11.9 Å². The molecule has 0 saturated carbocycles. The number of ether oxygens (including phenoxy) is 1. The van der Waals surface area contributed by atoms with Gasteiger partial charge in [0.25, 0.3) is 0 Å². The maximum atomic E-state index is 11.3. The largest absolute Gasteiger partial charge is 0.449 e. The van der Waals surface area contributed by atoms with Gasteiger partial charge in [-0.1, -0.05) is 31.5 Å². The molecule has 0 atom stereocenters. The van der Waals surface area contributed by atoms with E-state index in [1.807, 2.05) is 45.0 Å². The molecule has 0 aliphatic rings. The number of hydrogen-bond donors (Lipinski definition) is 2. The van der Waals surface area contributed by atoms with Crippen molar-refractivity contribution in [2.45, 2.75) is 20.8 Å². The molecule has 1 aromatic carbocycles. The second-order valence-corrected chi connectivity index (χ2v) is 4.85. The van der Waals surface area contributed by atoms with Crippen molar-refractivity contribution < 1.29 is 9.53 Å². The first-order chi connectivity index (χ1) is 8.47. The molecule has 0 aliphatic carbocycles. The molecular formula is C13H18N2O2S. The lowest BCUT2D eigenvalue weighted by atomic mass is 10.2. The number of thiocarbonyl (C=S) groups is 1. The Bertz CT molecular complexity index is 416. The van der Waals surface area contributed by atoms with Crippen molar-refractivity contribution in [3.8, 4) is 0 Å². The summed E-state index contributed by atoms with van der Waals surface area (Å²) < 4.78 is 4.95. The van der Waals surface area contributed by atoms with Gasteiger partial charge in [-0.25, -0.2) is 4.79 Å². The number of anilines is 1. The first kappa shape index (κ1) is 14.4. The highest BCUT2D eigenvalue weighted by Crippen LogP contribution is 2.08. The quantitative estimate of drug-likeness (QED) is 0.826. The summed E-state index contributed by atoms with van der Waals surface area (Å²) in [5.41, 5.74) is 1.99. The number of benzene rings is 1. The highest BCUT2D eigenvalue weighted by atomic mass is 32.1. The fraction of sp³-hybridized carbons (Fsp3) is 0.385. The molecule has 1 aromatic rings. The van der Waals surface area contributed by atoms with Gasteiger partial charge in [0.1, 0.15) is 0 Å². The maximum Gasteiger partial charge on any atom is 0.413 e. The van der Waals surface area contributed by atoms with Crippen LogP contribution in [0.4, 0.5) is 10.5 Å². The van der Waals surface area contributed by atoms with Gasteiger partial charge in [-0.05, 0) is 37.2 Å². The molecule has 0 heterocycles. The van der Waals surface area contributed by atoms with Crippen LogP contribution < -0.4 is 10.6 Å². The molecule has 0 unspecified atom stereocenters. The van der Waals surface area contributed by atoms with Gasteiger partial charge in [-0.3, -0.25) is 5.32 Å². The van der Waals surface area contributed by atoms with Crippen LogP contribution in [0.2, 0.25) is 0 Å². The number of carbonyl (C=O) groups excluding carboxylic acids is 1. The van der Waals surface area contributed by atoms with Crippen molar-refractivity contribution in [1.82, 2.24) is 5.32 Å². The third kappa shape index (κ3) is 5.63. The van der Waals surface area contributed by atoms with Crippen LogP contribution in [0.25, 0.3) is 0 Å². The van der Waals surface area contributed by atoms with Gasteiger partial charge in [0.05, 0.1) is 6.61 Å². The zero-order valence-corrected chi connectivity index (χ0v) is 11.6. The Morgan fingerprint density at radius 2 is 1.94 bits per heavy atom.